The molecule has 0 spiro atoms. The predicted octanol–water partition coefficient (Wildman–Crippen LogP) is 6.71. The van der Waals surface area contributed by atoms with Crippen molar-refractivity contribution in [2.45, 2.75) is 36.1 Å². The molecule has 1 aliphatic carbocycles. The van der Waals surface area contributed by atoms with E-state index in [9.17, 15) is 18.0 Å². The molecular weight excluding hydrogens is 449 g/mol. The summed E-state index contributed by atoms with van der Waals surface area (Å²) < 4.78 is 48.8. The van der Waals surface area contributed by atoms with Gasteiger partial charge < -0.3 is 9.47 Å². The van der Waals surface area contributed by atoms with Gasteiger partial charge in [0.25, 0.3) is 0 Å². The lowest BCUT2D eigenvalue weighted by molar-refractivity contribution is -0.143. The van der Waals surface area contributed by atoms with Crippen LogP contribution in [0.25, 0.3) is 11.1 Å². The van der Waals surface area contributed by atoms with Crippen LogP contribution in [0.5, 0.6) is 5.75 Å². The van der Waals surface area contributed by atoms with Crippen molar-refractivity contribution < 1.29 is 27.4 Å². The molecule has 3 aromatic carbocycles. The quantitative estimate of drug-likeness (QED) is 0.283. The molecule has 0 radical (unpaired) electrons. The topological polar surface area (TPSA) is 35.5 Å². The van der Waals surface area contributed by atoms with E-state index in [-0.39, 0.29) is 6.61 Å². The maximum Gasteiger partial charge on any atom is 0.416 e. The van der Waals surface area contributed by atoms with Gasteiger partial charge in [-0.15, -0.1) is 11.8 Å². The smallest absolute Gasteiger partial charge is 0.416 e. The predicted molar refractivity (Wildman–Crippen MR) is 122 cm³/mol. The number of rotatable bonds is 7. The lowest BCUT2D eigenvalue weighted by Crippen LogP contribution is -2.13. The number of halogens is 3. The van der Waals surface area contributed by atoms with Crippen molar-refractivity contribution in [2.75, 3.05) is 13.7 Å². The monoisotopic (exact) mass is 472 g/mol. The molecule has 33 heavy (non-hydrogen) atoms. The Balaban J connectivity index is 1.47. The van der Waals surface area contributed by atoms with Gasteiger partial charge in [0, 0.05) is 10.6 Å². The largest absolute Gasteiger partial charge is 0.482 e. The number of carbonyl (C=O) groups excluding carboxylic acids is 1. The van der Waals surface area contributed by atoms with E-state index in [0.29, 0.717) is 0 Å². The van der Waals surface area contributed by atoms with Crippen molar-refractivity contribution in [3.05, 3.63) is 82.9 Å². The van der Waals surface area contributed by atoms with Gasteiger partial charge >= 0.3 is 12.1 Å². The van der Waals surface area contributed by atoms with Crippen LogP contribution >= 0.6 is 11.8 Å². The summed E-state index contributed by atoms with van der Waals surface area (Å²) in [5.41, 5.74) is 4.51. The molecule has 172 valence electrons. The summed E-state index contributed by atoms with van der Waals surface area (Å²) >= 11 is 1.73. The molecule has 0 fully saturated rings. The summed E-state index contributed by atoms with van der Waals surface area (Å²) in [6, 6.07) is 17.1. The number of hydrogen-bond donors (Lipinski definition) is 0. The number of esters is 1. The first-order valence-electron chi connectivity index (χ1n) is 10.6. The third-order valence-corrected chi connectivity index (χ3v) is 6.81. The summed E-state index contributed by atoms with van der Waals surface area (Å²) in [6.07, 6.45) is -1.40. The first-order valence-corrected chi connectivity index (χ1v) is 11.6. The molecule has 3 nitrogen and oxygen atoms in total. The molecule has 0 unspecified atom stereocenters. The minimum atomic E-state index is -4.34. The molecule has 3 aromatic rings. The van der Waals surface area contributed by atoms with Gasteiger partial charge in [-0.3, -0.25) is 0 Å². The van der Waals surface area contributed by atoms with E-state index in [2.05, 4.69) is 4.74 Å². The minimum Gasteiger partial charge on any atom is -0.482 e. The third-order valence-electron chi connectivity index (χ3n) is 5.64. The van der Waals surface area contributed by atoms with E-state index in [1.54, 1.807) is 11.8 Å². The lowest BCUT2D eigenvalue weighted by atomic mass is 10.0. The highest BCUT2D eigenvalue weighted by Gasteiger charge is 2.30. The summed E-state index contributed by atoms with van der Waals surface area (Å²) in [6.45, 7) is -0.105. The van der Waals surface area contributed by atoms with E-state index in [0.717, 1.165) is 65.2 Å². The van der Waals surface area contributed by atoms with Crippen molar-refractivity contribution in [1.29, 1.82) is 0 Å². The Morgan fingerprint density at radius 3 is 2.45 bits per heavy atom. The van der Waals surface area contributed by atoms with Gasteiger partial charge in [-0.1, -0.05) is 36.4 Å². The number of fused-ring (bicyclic) bond motifs is 1. The lowest BCUT2D eigenvalue weighted by Gasteiger charge is -2.14. The molecule has 0 amide bonds. The first kappa shape index (κ1) is 23.2. The molecule has 0 aromatic heterocycles. The van der Waals surface area contributed by atoms with E-state index >= 15 is 0 Å². The normalized spacial score (nSPS) is 13.0. The first-order chi connectivity index (χ1) is 15.8. The highest BCUT2D eigenvalue weighted by atomic mass is 32.2. The third kappa shape index (κ3) is 5.53. The van der Waals surface area contributed by atoms with Crippen molar-refractivity contribution in [3.8, 4) is 16.9 Å². The Morgan fingerprint density at radius 1 is 0.970 bits per heavy atom. The Labute approximate surface area is 194 Å². The number of ether oxygens (including phenoxy) is 2. The van der Waals surface area contributed by atoms with Crippen LogP contribution in [0.2, 0.25) is 0 Å². The van der Waals surface area contributed by atoms with E-state index in [1.807, 2.05) is 36.4 Å². The second kappa shape index (κ2) is 9.91. The molecular formula is C26H23F3O3S. The summed E-state index contributed by atoms with van der Waals surface area (Å²) in [5.74, 6) is 1.07. The number of thioether (sulfide) groups is 1. The SMILES string of the molecule is COC(=O)COc1ccc(SCc2cccc(-c3ccc(C(F)(F)F)cc3)c2)c2c1CCC2. The van der Waals surface area contributed by atoms with Gasteiger partial charge in [0.1, 0.15) is 5.75 Å². The van der Waals surface area contributed by atoms with Crippen LogP contribution in [0.1, 0.15) is 28.7 Å². The average Bonchev–Trinajstić information content (AvgIpc) is 3.32. The second-order valence-corrected chi connectivity index (χ2v) is 8.82. The molecule has 1 aliphatic rings. The van der Waals surface area contributed by atoms with Gasteiger partial charge in [-0.2, -0.15) is 13.2 Å². The number of benzene rings is 3. The highest BCUT2D eigenvalue weighted by molar-refractivity contribution is 7.98. The maximum absolute atomic E-state index is 12.8. The highest BCUT2D eigenvalue weighted by Crippen LogP contribution is 2.39. The van der Waals surface area contributed by atoms with Crippen LogP contribution in [0.3, 0.4) is 0 Å². The van der Waals surface area contributed by atoms with Crippen molar-refractivity contribution >= 4 is 17.7 Å². The van der Waals surface area contributed by atoms with Crippen LogP contribution in [-0.4, -0.2) is 19.7 Å². The minimum absolute atomic E-state index is 0.105. The fourth-order valence-corrected chi connectivity index (χ4v) is 5.03. The fourth-order valence-electron chi connectivity index (χ4n) is 3.96. The van der Waals surface area contributed by atoms with Crippen molar-refractivity contribution in [2.24, 2.45) is 0 Å². The molecule has 7 heteroatoms. The number of hydrogen-bond acceptors (Lipinski definition) is 4. The van der Waals surface area contributed by atoms with E-state index in [1.165, 1.54) is 29.7 Å². The number of carbonyl (C=O) groups is 1. The zero-order valence-electron chi connectivity index (χ0n) is 18.1. The zero-order valence-corrected chi connectivity index (χ0v) is 18.9. The van der Waals surface area contributed by atoms with Crippen LogP contribution in [0.4, 0.5) is 13.2 Å². The zero-order chi connectivity index (χ0) is 23.4. The van der Waals surface area contributed by atoms with Crippen molar-refractivity contribution in [3.63, 3.8) is 0 Å². The molecule has 0 saturated heterocycles. The van der Waals surface area contributed by atoms with Gasteiger partial charge in [-0.05, 0) is 71.3 Å². The Morgan fingerprint density at radius 2 is 1.73 bits per heavy atom. The van der Waals surface area contributed by atoms with Crippen LogP contribution in [-0.2, 0) is 34.3 Å². The average molecular weight is 473 g/mol. The molecule has 4 rings (SSSR count). The molecule has 0 saturated carbocycles. The van der Waals surface area contributed by atoms with Crippen LogP contribution in [0.15, 0.2) is 65.6 Å². The molecule has 0 aliphatic heterocycles. The van der Waals surface area contributed by atoms with Gasteiger partial charge in [0.05, 0.1) is 12.7 Å². The molecule has 0 atom stereocenters. The summed E-state index contributed by atoms with van der Waals surface area (Å²) in [5, 5.41) is 0. The fraction of sp³-hybridized carbons (Fsp3) is 0.269. The van der Waals surface area contributed by atoms with E-state index in [4.69, 9.17) is 4.74 Å². The maximum atomic E-state index is 12.8. The summed E-state index contributed by atoms with van der Waals surface area (Å²) in [4.78, 5) is 12.6. The summed E-state index contributed by atoms with van der Waals surface area (Å²) in [7, 11) is 1.34. The Hall–Kier alpha value is -2.93. The van der Waals surface area contributed by atoms with Gasteiger partial charge in [0.15, 0.2) is 6.61 Å². The Bertz CT molecular complexity index is 1140. The van der Waals surface area contributed by atoms with E-state index < -0.39 is 17.7 Å². The van der Waals surface area contributed by atoms with Gasteiger partial charge in [0.2, 0.25) is 0 Å². The molecule has 0 N–H and O–H groups in total. The van der Waals surface area contributed by atoms with Crippen LogP contribution < -0.4 is 4.74 Å². The molecule has 0 heterocycles. The van der Waals surface area contributed by atoms with Crippen LogP contribution in [0, 0.1) is 0 Å². The Kier molecular flexibility index (Phi) is 6.98. The number of methoxy groups -OCH3 is 1. The molecule has 0 bridgehead atoms. The van der Waals surface area contributed by atoms with Crippen molar-refractivity contribution in [1.82, 2.24) is 0 Å². The number of alkyl halides is 3. The van der Waals surface area contributed by atoms with Gasteiger partial charge in [-0.25, -0.2) is 4.79 Å². The standard InChI is InChI=1S/C26H23F3O3S/c1-31-25(30)15-32-23-12-13-24(22-7-3-6-21(22)23)33-16-17-4-2-5-19(14-17)18-8-10-20(11-9-18)26(27,28)29/h2,4-5,8-14H,3,6-7,15-16H2,1H3. The second-order valence-electron chi connectivity index (χ2n) is 7.80.